The second-order valence-corrected chi connectivity index (χ2v) is 10.5. The lowest BCUT2D eigenvalue weighted by Crippen LogP contribution is -2.60. The summed E-state index contributed by atoms with van der Waals surface area (Å²) < 4.78 is 0. The van der Waals surface area contributed by atoms with Gasteiger partial charge in [-0.2, -0.15) is 0 Å². The van der Waals surface area contributed by atoms with Crippen LogP contribution in [0.1, 0.15) is 65.2 Å². The maximum atomic E-state index is 12.3. The Morgan fingerprint density at radius 3 is 2.40 bits per heavy atom. The smallest absolute Gasteiger partial charge is 0.307 e. The fourth-order valence-corrected chi connectivity index (χ4v) is 7.71. The third kappa shape index (κ3) is 2.81. The first-order chi connectivity index (χ1) is 13.9. The number of hydrogen-bond acceptors (Lipinski definition) is 5. The van der Waals surface area contributed by atoms with Gasteiger partial charge in [-0.05, 0) is 67.8 Å². The Bertz CT molecular complexity index is 818. The number of carbonyl (C=O) groups is 3. The molecular formula is C23H32O7. The van der Waals surface area contributed by atoms with Gasteiger partial charge in [-0.1, -0.05) is 19.4 Å². The third-order valence-corrected chi connectivity index (χ3v) is 9.51. The minimum atomic E-state index is -1.12. The fourth-order valence-electron chi connectivity index (χ4n) is 7.71. The highest BCUT2D eigenvalue weighted by Crippen LogP contribution is 2.69. The van der Waals surface area contributed by atoms with Gasteiger partial charge in [0.15, 0.2) is 5.78 Å². The van der Waals surface area contributed by atoms with Gasteiger partial charge in [0.05, 0.1) is 17.6 Å². The van der Waals surface area contributed by atoms with E-state index in [2.05, 4.69) is 0 Å². The first kappa shape index (κ1) is 21.5. The Morgan fingerprint density at radius 1 is 1.10 bits per heavy atom. The third-order valence-electron chi connectivity index (χ3n) is 9.51. The van der Waals surface area contributed by atoms with Gasteiger partial charge < -0.3 is 20.4 Å². The zero-order valence-electron chi connectivity index (χ0n) is 17.6. The molecule has 8 atom stereocenters. The van der Waals surface area contributed by atoms with Crippen LogP contribution in [0.4, 0.5) is 0 Å². The van der Waals surface area contributed by atoms with E-state index in [4.69, 9.17) is 5.11 Å². The molecule has 0 aromatic heterocycles. The lowest BCUT2D eigenvalue weighted by Gasteiger charge is -2.61. The second kappa shape index (κ2) is 6.89. The number of aliphatic carboxylic acids is 2. The Kier molecular flexibility index (Phi) is 4.94. The molecule has 0 aromatic carbocycles. The predicted molar refractivity (Wildman–Crippen MR) is 106 cm³/mol. The number of aliphatic hydroxyl groups excluding tert-OH is 1. The number of aliphatic hydroxyl groups is 2. The van der Waals surface area contributed by atoms with Crippen LogP contribution in [0.5, 0.6) is 0 Å². The molecule has 7 nitrogen and oxygen atoms in total. The highest BCUT2D eigenvalue weighted by molar-refractivity contribution is 5.92. The first-order valence-electron chi connectivity index (χ1n) is 11.0. The van der Waals surface area contributed by atoms with E-state index in [1.54, 1.807) is 6.08 Å². The van der Waals surface area contributed by atoms with E-state index >= 15 is 0 Å². The lowest BCUT2D eigenvalue weighted by molar-refractivity contribution is -0.174. The minimum Gasteiger partial charge on any atom is -0.481 e. The van der Waals surface area contributed by atoms with E-state index in [1.165, 1.54) is 0 Å². The summed E-state index contributed by atoms with van der Waals surface area (Å²) in [6, 6.07) is 0. The second-order valence-electron chi connectivity index (χ2n) is 10.5. The van der Waals surface area contributed by atoms with Crippen LogP contribution in [0.25, 0.3) is 0 Å². The first-order valence-corrected chi connectivity index (χ1v) is 11.0. The van der Waals surface area contributed by atoms with Crippen molar-refractivity contribution in [2.75, 3.05) is 0 Å². The highest BCUT2D eigenvalue weighted by atomic mass is 16.4. The van der Waals surface area contributed by atoms with Crippen LogP contribution >= 0.6 is 0 Å². The number of carboxylic acid groups (broad SMARTS) is 2. The van der Waals surface area contributed by atoms with E-state index in [-0.39, 0.29) is 49.2 Å². The molecule has 4 N–H and O–H groups in total. The topological polar surface area (TPSA) is 132 Å². The van der Waals surface area contributed by atoms with Gasteiger partial charge >= 0.3 is 11.9 Å². The Hall–Kier alpha value is -1.73. The number of rotatable bonds is 4. The average Bonchev–Trinajstić information content (AvgIpc) is 2.92. The lowest BCUT2D eigenvalue weighted by atomic mass is 9.43. The van der Waals surface area contributed by atoms with Crippen LogP contribution in [0, 0.1) is 34.5 Å². The van der Waals surface area contributed by atoms with Gasteiger partial charge in [0.2, 0.25) is 0 Å². The normalized spacial score (nSPS) is 47.7. The van der Waals surface area contributed by atoms with Crippen molar-refractivity contribution in [2.45, 2.75) is 76.9 Å². The Morgan fingerprint density at radius 2 is 1.77 bits per heavy atom. The summed E-state index contributed by atoms with van der Waals surface area (Å²) >= 11 is 0. The molecule has 4 aliphatic rings. The maximum absolute atomic E-state index is 12.3. The van der Waals surface area contributed by atoms with Gasteiger partial charge in [-0.25, -0.2) is 0 Å². The molecule has 0 radical (unpaired) electrons. The summed E-state index contributed by atoms with van der Waals surface area (Å²) in [5.41, 5.74) is -1.55. The number of carbonyl (C=O) groups excluding carboxylic acids is 1. The van der Waals surface area contributed by atoms with Gasteiger partial charge in [-0.15, -0.1) is 0 Å². The van der Waals surface area contributed by atoms with Crippen LogP contribution in [0.15, 0.2) is 11.6 Å². The van der Waals surface area contributed by atoms with Crippen molar-refractivity contribution in [1.29, 1.82) is 0 Å². The van der Waals surface area contributed by atoms with Gasteiger partial charge in [0, 0.05) is 18.3 Å². The Labute approximate surface area is 176 Å². The Balaban J connectivity index is 1.75. The quantitative estimate of drug-likeness (QED) is 0.549. The van der Waals surface area contributed by atoms with Gasteiger partial charge in [0.25, 0.3) is 0 Å². The molecule has 4 rings (SSSR count). The van der Waals surface area contributed by atoms with Crippen LogP contribution < -0.4 is 0 Å². The van der Waals surface area contributed by atoms with E-state index in [0.29, 0.717) is 25.7 Å². The summed E-state index contributed by atoms with van der Waals surface area (Å²) in [5.74, 6) is -3.01. The molecule has 0 heterocycles. The number of fused-ring (bicyclic) bond motifs is 5. The summed E-state index contributed by atoms with van der Waals surface area (Å²) in [6.45, 7) is 3.97. The van der Waals surface area contributed by atoms with Crippen molar-refractivity contribution >= 4 is 17.7 Å². The molecule has 4 aliphatic carbocycles. The molecule has 0 aliphatic heterocycles. The van der Waals surface area contributed by atoms with Gasteiger partial charge in [-0.3, -0.25) is 14.4 Å². The van der Waals surface area contributed by atoms with Crippen molar-refractivity contribution in [1.82, 2.24) is 0 Å². The molecule has 30 heavy (non-hydrogen) atoms. The van der Waals surface area contributed by atoms with E-state index in [9.17, 15) is 29.7 Å². The average molecular weight is 421 g/mol. The van der Waals surface area contributed by atoms with Crippen LogP contribution in [-0.2, 0) is 14.4 Å². The zero-order valence-corrected chi connectivity index (χ0v) is 17.6. The molecule has 0 saturated heterocycles. The molecule has 166 valence electrons. The fraction of sp³-hybridized carbons (Fsp3) is 0.783. The molecule has 0 bridgehead atoms. The SMILES string of the molecule is C[C@@]12C(=CC(=O)C[C@@H]1O)C[C@@H](C(=O)O)[C@@H]1[C@@H]2CC[C@@]2(C)[C@H]1CC[C@@]2(O)CCC(=O)O. The zero-order chi connectivity index (χ0) is 22.1. The van der Waals surface area contributed by atoms with E-state index < -0.39 is 40.4 Å². The van der Waals surface area contributed by atoms with Crippen LogP contribution in [-0.4, -0.2) is 49.9 Å². The van der Waals surface area contributed by atoms with Crippen molar-refractivity contribution < 1.29 is 34.8 Å². The summed E-state index contributed by atoms with van der Waals surface area (Å²) in [6.07, 6.45) is 3.53. The predicted octanol–water partition coefficient (Wildman–Crippen LogP) is 2.40. The molecular weight excluding hydrogens is 388 g/mol. The molecule has 0 spiro atoms. The number of carboxylic acids is 2. The van der Waals surface area contributed by atoms with Crippen molar-refractivity contribution in [2.24, 2.45) is 34.5 Å². The largest absolute Gasteiger partial charge is 0.481 e. The van der Waals surface area contributed by atoms with E-state index in [0.717, 1.165) is 5.57 Å². The summed E-state index contributed by atoms with van der Waals surface area (Å²) in [7, 11) is 0. The molecule has 3 fully saturated rings. The standard InChI is InChI=1S/C23H32O7/c1-21-6-3-16-19(15(21)4-7-23(21,30)8-5-18(26)27)14(20(28)29)10-12-9-13(24)11-17(25)22(12,16)2/h9,14-17,19,25,30H,3-8,10-11H2,1-2H3,(H,26,27)(H,28,29)/t14-,15+,16+,17+,19+,21+,22+,23-/m1/s1. The molecule has 0 amide bonds. The van der Waals surface area contributed by atoms with Gasteiger partial charge in [0.1, 0.15) is 0 Å². The monoisotopic (exact) mass is 420 g/mol. The molecule has 0 unspecified atom stereocenters. The molecule has 7 heteroatoms. The number of hydrogen-bond donors (Lipinski definition) is 4. The molecule has 3 saturated carbocycles. The minimum absolute atomic E-state index is 0.0562. The van der Waals surface area contributed by atoms with Crippen LogP contribution in [0.3, 0.4) is 0 Å². The summed E-state index contributed by atoms with van der Waals surface area (Å²) in [5, 5.41) is 41.6. The van der Waals surface area contributed by atoms with Crippen molar-refractivity contribution in [3.63, 3.8) is 0 Å². The highest BCUT2D eigenvalue weighted by Gasteiger charge is 2.67. The maximum Gasteiger partial charge on any atom is 0.307 e. The van der Waals surface area contributed by atoms with Crippen molar-refractivity contribution in [3.8, 4) is 0 Å². The summed E-state index contributed by atoms with van der Waals surface area (Å²) in [4.78, 5) is 35.5. The van der Waals surface area contributed by atoms with Crippen LogP contribution in [0.2, 0.25) is 0 Å². The molecule has 0 aromatic rings. The van der Waals surface area contributed by atoms with E-state index in [1.807, 2.05) is 13.8 Å². The van der Waals surface area contributed by atoms with Crippen molar-refractivity contribution in [3.05, 3.63) is 11.6 Å². The number of ketones is 1.